The Morgan fingerprint density at radius 2 is 2.09 bits per heavy atom. The molecule has 1 aromatic carbocycles. The summed E-state index contributed by atoms with van der Waals surface area (Å²) in [7, 11) is 0. The number of halogens is 1. The Bertz CT molecular complexity index is 624. The molecule has 0 aliphatic rings. The number of carbonyl (C=O) groups excluding carboxylic acids is 1. The number of nitrogens with one attached hydrogen (secondary N) is 2. The first-order chi connectivity index (χ1) is 10.6. The third-order valence-corrected chi connectivity index (χ3v) is 3.27. The number of aryl methyl sites for hydroxylation is 1. The lowest BCUT2D eigenvalue weighted by atomic mass is 10.1. The van der Waals surface area contributed by atoms with Crippen molar-refractivity contribution in [3.63, 3.8) is 0 Å². The number of benzene rings is 1. The van der Waals surface area contributed by atoms with E-state index in [-0.39, 0.29) is 17.9 Å². The van der Waals surface area contributed by atoms with E-state index >= 15 is 0 Å². The number of amides is 2. The highest BCUT2D eigenvalue weighted by molar-refractivity contribution is 5.88. The highest BCUT2D eigenvalue weighted by Gasteiger charge is 2.08. The molecule has 0 saturated heterocycles. The van der Waals surface area contributed by atoms with Crippen LogP contribution in [0.4, 0.5) is 15.0 Å². The first-order valence-electron chi connectivity index (χ1n) is 7.39. The van der Waals surface area contributed by atoms with Gasteiger partial charge in [0.05, 0.1) is 6.20 Å². The molecular formula is C16H21FN4O. The first kappa shape index (κ1) is 16.0. The number of anilines is 1. The molecule has 22 heavy (non-hydrogen) atoms. The van der Waals surface area contributed by atoms with Crippen molar-refractivity contribution in [1.29, 1.82) is 0 Å². The average Bonchev–Trinajstić information content (AvgIpc) is 2.93. The fourth-order valence-electron chi connectivity index (χ4n) is 2.17. The summed E-state index contributed by atoms with van der Waals surface area (Å²) in [6.07, 6.45) is 2.92. The minimum atomic E-state index is -0.282. The molecule has 0 fully saturated rings. The molecule has 0 bridgehead atoms. The first-order valence-corrected chi connectivity index (χ1v) is 7.39. The van der Waals surface area contributed by atoms with Crippen LogP contribution in [0, 0.1) is 5.82 Å². The Kier molecular flexibility index (Phi) is 5.52. The van der Waals surface area contributed by atoms with Crippen molar-refractivity contribution >= 4 is 11.8 Å². The van der Waals surface area contributed by atoms with Gasteiger partial charge in [-0.25, -0.2) is 13.9 Å². The third-order valence-electron chi connectivity index (χ3n) is 3.27. The maximum absolute atomic E-state index is 13.4. The van der Waals surface area contributed by atoms with Gasteiger partial charge in [0.1, 0.15) is 11.6 Å². The van der Waals surface area contributed by atoms with Crippen LogP contribution in [0.1, 0.15) is 31.9 Å². The maximum Gasteiger partial charge on any atom is 0.320 e. The molecule has 2 rings (SSSR count). The molecule has 5 nitrogen and oxygen atoms in total. The summed E-state index contributed by atoms with van der Waals surface area (Å²) in [6, 6.07) is 8.33. The van der Waals surface area contributed by atoms with Crippen molar-refractivity contribution in [3.05, 3.63) is 47.9 Å². The van der Waals surface area contributed by atoms with Crippen LogP contribution in [0.3, 0.4) is 0 Å². The summed E-state index contributed by atoms with van der Waals surface area (Å²) in [5.41, 5.74) is 0.669. The fourth-order valence-corrected chi connectivity index (χ4v) is 2.17. The van der Waals surface area contributed by atoms with Gasteiger partial charge in [0, 0.05) is 18.7 Å². The van der Waals surface area contributed by atoms with Gasteiger partial charge in [0.25, 0.3) is 0 Å². The quantitative estimate of drug-likeness (QED) is 0.804. The molecule has 0 radical (unpaired) electrons. The van der Waals surface area contributed by atoms with Gasteiger partial charge in [-0.2, -0.15) is 5.10 Å². The summed E-state index contributed by atoms with van der Waals surface area (Å²) in [4.78, 5) is 11.8. The molecule has 0 saturated carbocycles. The second-order valence-electron chi connectivity index (χ2n) is 5.33. The van der Waals surface area contributed by atoms with Crippen LogP contribution in [0.2, 0.25) is 0 Å². The zero-order valence-corrected chi connectivity index (χ0v) is 12.8. The predicted molar refractivity (Wildman–Crippen MR) is 84.4 cm³/mol. The maximum atomic E-state index is 13.4. The summed E-state index contributed by atoms with van der Waals surface area (Å²) in [5, 5.41) is 9.67. The molecule has 1 heterocycles. The van der Waals surface area contributed by atoms with Crippen LogP contribution < -0.4 is 10.6 Å². The monoisotopic (exact) mass is 304 g/mol. The zero-order chi connectivity index (χ0) is 15.9. The normalized spacial score (nSPS) is 10.7. The molecule has 0 unspecified atom stereocenters. The van der Waals surface area contributed by atoms with E-state index in [1.807, 2.05) is 19.9 Å². The lowest BCUT2D eigenvalue weighted by Crippen LogP contribution is -2.30. The van der Waals surface area contributed by atoms with Gasteiger partial charge < -0.3 is 5.32 Å². The molecular weight excluding hydrogens is 283 g/mol. The molecule has 6 heteroatoms. The molecule has 2 amide bonds. The Hall–Kier alpha value is -2.37. The number of aromatic nitrogens is 2. The van der Waals surface area contributed by atoms with Gasteiger partial charge in [0.2, 0.25) is 0 Å². The number of nitrogens with zero attached hydrogens (tertiary/aromatic N) is 2. The highest BCUT2D eigenvalue weighted by Crippen LogP contribution is 2.12. The lowest BCUT2D eigenvalue weighted by Gasteiger charge is -2.12. The van der Waals surface area contributed by atoms with Gasteiger partial charge in [-0.3, -0.25) is 5.32 Å². The second-order valence-corrected chi connectivity index (χ2v) is 5.33. The van der Waals surface area contributed by atoms with Crippen molar-refractivity contribution in [2.45, 2.75) is 32.7 Å². The topological polar surface area (TPSA) is 59.0 Å². The number of hydrogen-bond donors (Lipinski definition) is 2. The molecule has 0 spiro atoms. The molecule has 1 aromatic heterocycles. The minimum absolute atomic E-state index is 0.173. The summed E-state index contributed by atoms with van der Waals surface area (Å²) < 4.78 is 15.2. The van der Waals surface area contributed by atoms with Crippen molar-refractivity contribution in [1.82, 2.24) is 15.1 Å². The lowest BCUT2D eigenvalue weighted by molar-refractivity contribution is 0.251. The van der Waals surface area contributed by atoms with E-state index in [0.29, 0.717) is 30.8 Å². The van der Waals surface area contributed by atoms with Crippen LogP contribution in [0.5, 0.6) is 0 Å². The average molecular weight is 304 g/mol. The van der Waals surface area contributed by atoms with E-state index in [1.54, 1.807) is 29.1 Å². The van der Waals surface area contributed by atoms with Crippen LogP contribution in [-0.4, -0.2) is 22.4 Å². The van der Waals surface area contributed by atoms with E-state index in [2.05, 4.69) is 15.7 Å². The van der Waals surface area contributed by atoms with Gasteiger partial charge in [-0.1, -0.05) is 18.2 Å². The van der Waals surface area contributed by atoms with Crippen LogP contribution >= 0.6 is 0 Å². The molecule has 2 aromatic rings. The number of rotatable bonds is 6. The largest absolute Gasteiger partial charge is 0.338 e. The predicted octanol–water partition coefficient (Wildman–Crippen LogP) is 3.36. The number of urea groups is 1. The summed E-state index contributed by atoms with van der Waals surface area (Å²) >= 11 is 0. The third kappa shape index (κ3) is 4.31. The SMILES string of the molecule is CC(C)n1nccc1NC(=O)NCCCc1ccccc1F. The number of carbonyl (C=O) groups is 1. The molecule has 0 aliphatic carbocycles. The van der Waals surface area contributed by atoms with Gasteiger partial charge in [0.15, 0.2) is 0 Å². The van der Waals surface area contributed by atoms with E-state index in [0.717, 1.165) is 0 Å². The van der Waals surface area contributed by atoms with Gasteiger partial charge in [-0.05, 0) is 38.3 Å². The van der Waals surface area contributed by atoms with E-state index in [4.69, 9.17) is 0 Å². The van der Waals surface area contributed by atoms with Crippen molar-refractivity contribution in [2.24, 2.45) is 0 Å². The Morgan fingerprint density at radius 1 is 1.32 bits per heavy atom. The standard InChI is InChI=1S/C16H21FN4O/c1-12(2)21-15(9-11-19-21)20-16(22)18-10-5-7-13-6-3-4-8-14(13)17/h3-4,6,8-9,11-12H,5,7,10H2,1-2H3,(H2,18,20,22). The van der Waals surface area contributed by atoms with Gasteiger partial charge >= 0.3 is 6.03 Å². The Morgan fingerprint density at radius 3 is 2.82 bits per heavy atom. The Labute approximate surface area is 129 Å². The van der Waals surface area contributed by atoms with Crippen molar-refractivity contribution in [2.75, 3.05) is 11.9 Å². The van der Waals surface area contributed by atoms with Crippen LogP contribution in [0.25, 0.3) is 0 Å². The molecule has 2 N–H and O–H groups in total. The second kappa shape index (κ2) is 7.59. The van der Waals surface area contributed by atoms with Crippen molar-refractivity contribution in [3.8, 4) is 0 Å². The van der Waals surface area contributed by atoms with Crippen LogP contribution in [-0.2, 0) is 6.42 Å². The molecule has 0 aliphatic heterocycles. The van der Waals surface area contributed by atoms with E-state index < -0.39 is 0 Å². The fraction of sp³-hybridized carbons (Fsp3) is 0.375. The smallest absolute Gasteiger partial charge is 0.320 e. The highest BCUT2D eigenvalue weighted by atomic mass is 19.1. The van der Waals surface area contributed by atoms with E-state index in [9.17, 15) is 9.18 Å². The van der Waals surface area contributed by atoms with Crippen molar-refractivity contribution < 1.29 is 9.18 Å². The van der Waals surface area contributed by atoms with Crippen LogP contribution in [0.15, 0.2) is 36.5 Å². The Balaban J connectivity index is 1.74. The zero-order valence-electron chi connectivity index (χ0n) is 12.8. The minimum Gasteiger partial charge on any atom is -0.338 e. The number of hydrogen-bond acceptors (Lipinski definition) is 2. The molecule has 0 atom stereocenters. The van der Waals surface area contributed by atoms with Gasteiger partial charge in [-0.15, -0.1) is 0 Å². The van der Waals surface area contributed by atoms with E-state index in [1.165, 1.54) is 6.07 Å². The molecule has 118 valence electrons. The summed E-state index contributed by atoms with van der Waals surface area (Å²) in [5.74, 6) is 0.453. The summed E-state index contributed by atoms with van der Waals surface area (Å²) in [6.45, 7) is 4.46.